The monoisotopic (exact) mass is 496 g/mol. The fourth-order valence-electron chi connectivity index (χ4n) is 2.06. The average Bonchev–Trinajstić information content (AvgIpc) is 2.45. The Morgan fingerprint density at radius 3 is 2.10 bits per heavy atom. The number of rotatable bonds is 6. The quantitative estimate of drug-likeness (QED) is 0.335. The van der Waals surface area contributed by atoms with E-state index in [1.165, 1.54) is 36.8 Å². The van der Waals surface area contributed by atoms with E-state index in [1.54, 1.807) is 0 Å². The molecule has 4 heteroatoms. The minimum absolute atomic E-state index is 0. The second-order valence-electron chi connectivity index (χ2n) is 4.62. The van der Waals surface area contributed by atoms with E-state index in [2.05, 4.69) is 41.0 Å². The van der Waals surface area contributed by atoms with Crippen LogP contribution in [0, 0.1) is 0 Å². The standard InChI is InChI=1S/C16H21N2.2HI/c1-2-3-4-5-12-18-13-8-16(9-14-18)15-6-10-17-11-7-15;;/h6-11,13-14H,2-5,12H2,1H3;2*1H/q+1;;/p-1. The van der Waals surface area contributed by atoms with Gasteiger partial charge in [-0.15, -0.1) is 24.0 Å². The highest BCUT2D eigenvalue weighted by atomic mass is 127. The smallest absolute Gasteiger partial charge is 0.169 e. The Bertz CT molecular complexity index is 458. The van der Waals surface area contributed by atoms with Crippen LogP contribution >= 0.6 is 24.0 Å². The summed E-state index contributed by atoms with van der Waals surface area (Å²) in [4.78, 5) is 4.04. The van der Waals surface area contributed by atoms with Crippen molar-refractivity contribution in [3.8, 4) is 11.1 Å². The first-order valence-corrected chi connectivity index (χ1v) is 6.79. The van der Waals surface area contributed by atoms with Crippen molar-refractivity contribution in [3.63, 3.8) is 0 Å². The van der Waals surface area contributed by atoms with Crippen LogP contribution in [0.4, 0.5) is 0 Å². The third kappa shape index (κ3) is 6.47. The van der Waals surface area contributed by atoms with E-state index in [1.807, 2.05) is 24.5 Å². The fourth-order valence-corrected chi connectivity index (χ4v) is 2.06. The van der Waals surface area contributed by atoms with Crippen molar-refractivity contribution in [3.05, 3.63) is 49.1 Å². The lowest BCUT2D eigenvalue weighted by Crippen LogP contribution is -3.00. The molecule has 0 aliphatic heterocycles. The Hall–Kier alpha value is -0.240. The lowest BCUT2D eigenvalue weighted by Gasteiger charge is -2.01. The second-order valence-corrected chi connectivity index (χ2v) is 4.62. The number of nitrogens with zero attached hydrogens (tertiary/aromatic N) is 2. The molecule has 0 saturated heterocycles. The minimum Gasteiger partial charge on any atom is -1.00 e. The number of hydrogen-bond acceptors (Lipinski definition) is 1. The van der Waals surface area contributed by atoms with Crippen molar-refractivity contribution in [2.24, 2.45) is 0 Å². The van der Waals surface area contributed by atoms with Gasteiger partial charge in [0.05, 0.1) is 0 Å². The van der Waals surface area contributed by atoms with Crippen LogP contribution in [0.2, 0.25) is 0 Å². The molecule has 0 aromatic carbocycles. The summed E-state index contributed by atoms with van der Waals surface area (Å²) >= 11 is 0. The number of aromatic nitrogens is 2. The van der Waals surface area contributed by atoms with Gasteiger partial charge in [-0.3, -0.25) is 4.98 Å². The van der Waals surface area contributed by atoms with E-state index < -0.39 is 0 Å². The molecule has 20 heavy (non-hydrogen) atoms. The third-order valence-corrected chi connectivity index (χ3v) is 3.17. The first-order chi connectivity index (χ1) is 8.90. The summed E-state index contributed by atoms with van der Waals surface area (Å²) in [6.45, 7) is 3.37. The molecule has 0 amide bonds. The summed E-state index contributed by atoms with van der Waals surface area (Å²) in [5.41, 5.74) is 2.48. The summed E-state index contributed by atoms with van der Waals surface area (Å²) in [7, 11) is 0. The highest BCUT2D eigenvalue weighted by molar-refractivity contribution is 14.0. The SMILES string of the molecule is CCCCCC[n+]1ccc(-c2ccncc2)cc1.I.[I-]. The molecule has 2 aromatic rings. The van der Waals surface area contributed by atoms with Crippen molar-refractivity contribution in [2.75, 3.05) is 0 Å². The zero-order valence-electron chi connectivity index (χ0n) is 11.8. The van der Waals surface area contributed by atoms with Gasteiger partial charge in [-0.1, -0.05) is 19.8 Å². The molecule has 2 rings (SSSR count). The van der Waals surface area contributed by atoms with E-state index in [4.69, 9.17) is 0 Å². The number of hydrogen-bond donors (Lipinski definition) is 0. The lowest BCUT2D eigenvalue weighted by atomic mass is 10.1. The zero-order valence-corrected chi connectivity index (χ0v) is 16.3. The molecule has 0 bridgehead atoms. The highest BCUT2D eigenvalue weighted by Crippen LogP contribution is 2.15. The van der Waals surface area contributed by atoms with Crippen LogP contribution in [0.1, 0.15) is 32.6 Å². The second kappa shape index (κ2) is 11.4. The van der Waals surface area contributed by atoms with E-state index in [-0.39, 0.29) is 48.0 Å². The van der Waals surface area contributed by atoms with Crippen molar-refractivity contribution in [1.29, 1.82) is 0 Å². The fraction of sp³-hybridized carbons (Fsp3) is 0.375. The van der Waals surface area contributed by atoms with Gasteiger partial charge in [-0.05, 0) is 29.7 Å². The van der Waals surface area contributed by atoms with Crippen LogP contribution < -0.4 is 28.5 Å². The molecular formula is C16H22I2N2. The van der Waals surface area contributed by atoms with E-state index >= 15 is 0 Å². The summed E-state index contributed by atoms with van der Waals surface area (Å²) < 4.78 is 2.26. The van der Waals surface area contributed by atoms with Crippen LogP contribution in [0.5, 0.6) is 0 Å². The molecule has 0 atom stereocenters. The lowest BCUT2D eigenvalue weighted by molar-refractivity contribution is -0.697. The molecule has 0 aliphatic carbocycles. The number of halogens is 2. The predicted molar refractivity (Wildman–Crippen MR) is 89.4 cm³/mol. The van der Waals surface area contributed by atoms with Crippen LogP contribution in [0.25, 0.3) is 11.1 Å². The van der Waals surface area contributed by atoms with Gasteiger partial charge in [0.15, 0.2) is 12.4 Å². The van der Waals surface area contributed by atoms with Gasteiger partial charge in [0.2, 0.25) is 0 Å². The molecule has 110 valence electrons. The number of pyridine rings is 2. The maximum absolute atomic E-state index is 4.04. The zero-order chi connectivity index (χ0) is 12.6. The Morgan fingerprint density at radius 2 is 1.50 bits per heavy atom. The summed E-state index contributed by atoms with van der Waals surface area (Å²) in [6.07, 6.45) is 13.2. The van der Waals surface area contributed by atoms with Crippen molar-refractivity contribution in [1.82, 2.24) is 4.98 Å². The van der Waals surface area contributed by atoms with Crippen LogP contribution in [-0.2, 0) is 6.54 Å². The largest absolute Gasteiger partial charge is 1.00 e. The van der Waals surface area contributed by atoms with E-state index in [9.17, 15) is 0 Å². The predicted octanol–water partition coefficient (Wildman–Crippen LogP) is 1.24. The first-order valence-electron chi connectivity index (χ1n) is 6.79. The molecule has 0 spiro atoms. The normalized spacial score (nSPS) is 9.45. The Balaban J connectivity index is 0.00000180. The Labute approximate surface area is 156 Å². The van der Waals surface area contributed by atoms with Crippen LogP contribution in [0.15, 0.2) is 49.1 Å². The topological polar surface area (TPSA) is 16.8 Å². The molecule has 0 saturated carbocycles. The van der Waals surface area contributed by atoms with Gasteiger partial charge in [0.1, 0.15) is 6.54 Å². The van der Waals surface area contributed by atoms with E-state index in [0.717, 1.165) is 6.54 Å². The van der Waals surface area contributed by atoms with Gasteiger partial charge in [0, 0.05) is 30.9 Å². The summed E-state index contributed by atoms with van der Waals surface area (Å²) in [5.74, 6) is 0. The highest BCUT2D eigenvalue weighted by Gasteiger charge is 2.02. The molecule has 0 N–H and O–H groups in total. The van der Waals surface area contributed by atoms with Gasteiger partial charge in [-0.2, -0.15) is 0 Å². The first kappa shape index (κ1) is 19.8. The number of unbranched alkanes of at least 4 members (excludes halogenated alkanes) is 3. The summed E-state index contributed by atoms with van der Waals surface area (Å²) in [5, 5.41) is 0. The van der Waals surface area contributed by atoms with Crippen LogP contribution in [-0.4, -0.2) is 4.98 Å². The van der Waals surface area contributed by atoms with Crippen LogP contribution in [0.3, 0.4) is 0 Å². The number of aryl methyl sites for hydroxylation is 1. The molecule has 0 fully saturated rings. The molecule has 2 aromatic heterocycles. The maximum atomic E-state index is 4.04. The molecule has 0 radical (unpaired) electrons. The van der Waals surface area contributed by atoms with Gasteiger partial charge >= 0.3 is 0 Å². The average molecular weight is 496 g/mol. The Kier molecular flexibility index (Phi) is 11.3. The van der Waals surface area contributed by atoms with Gasteiger partial charge in [0.25, 0.3) is 0 Å². The molecule has 2 heterocycles. The minimum atomic E-state index is 0. The summed E-state index contributed by atoms with van der Waals surface area (Å²) in [6, 6.07) is 8.44. The van der Waals surface area contributed by atoms with Crippen molar-refractivity contribution < 1.29 is 28.5 Å². The molecule has 2 nitrogen and oxygen atoms in total. The molecule has 0 aliphatic rings. The maximum Gasteiger partial charge on any atom is 0.169 e. The van der Waals surface area contributed by atoms with Gasteiger partial charge in [-0.25, -0.2) is 4.57 Å². The van der Waals surface area contributed by atoms with Crippen molar-refractivity contribution in [2.45, 2.75) is 39.2 Å². The third-order valence-electron chi connectivity index (χ3n) is 3.17. The molecular weight excluding hydrogens is 474 g/mol. The van der Waals surface area contributed by atoms with Gasteiger partial charge < -0.3 is 24.0 Å². The Morgan fingerprint density at radius 1 is 0.900 bits per heavy atom. The van der Waals surface area contributed by atoms with E-state index in [0.29, 0.717) is 0 Å². The molecule has 0 unspecified atom stereocenters. The van der Waals surface area contributed by atoms with Crippen molar-refractivity contribution >= 4 is 24.0 Å².